The Bertz CT molecular complexity index is 427. The van der Waals surface area contributed by atoms with Crippen LogP contribution in [0.2, 0.25) is 0 Å². The number of nitrogens with one attached hydrogen (secondary N) is 1. The van der Waals surface area contributed by atoms with E-state index in [0.717, 1.165) is 6.42 Å². The fourth-order valence-electron chi connectivity index (χ4n) is 3.43. The van der Waals surface area contributed by atoms with Crippen molar-refractivity contribution in [2.45, 2.75) is 32.1 Å². The maximum absolute atomic E-state index is 11.7. The molecule has 9 heteroatoms. The van der Waals surface area contributed by atoms with Crippen LogP contribution in [0.1, 0.15) is 32.1 Å². The van der Waals surface area contributed by atoms with Crippen molar-refractivity contribution < 1.29 is 88.5 Å². The minimum absolute atomic E-state index is 0. The van der Waals surface area contributed by atoms with Gasteiger partial charge in [-0.3, -0.25) is 14.9 Å². The van der Waals surface area contributed by atoms with Gasteiger partial charge in [0.05, 0.1) is 23.8 Å². The van der Waals surface area contributed by atoms with Gasteiger partial charge in [0.2, 0.25) is 11.8 Å². The molecule has 2 aliphatic rings. The minimum atomic E-state index is -1.64. The van der Waals surface area contributed by atoms with E-state index in [-0.39, 0.29) is 72.0 Å². The average Bonchev–Trinajstić information content (AvgIpc) is 2.27. The van der Waals surface area contributed by atoms with Crippen molar-refractivity contribution in [1.82, 2.24) is 5.32 Å². The molecule has 1 heterocycles. The normalized spacial score (nSPS) is 27.0. The zero-order chi connectivity index (χ0) is 14.2. The molecule has 1 saturated carbocycles. The zero-order valence-corrected chi connectivity index (χ0v) is 16.1. The van der Waals surface area contributed by atoms with Crippen molar-refractivity contribution in [2.24, 2.45) is 17.3 Å². The Morgan fingerprint density at radius 2 is 1.29 bits per heavy atom. The van der Waals surface area contributed by atoms with Gasteiger partial charge in [-0.15, -0.1) is 0 Å². The molecule has 2 fully saturated rings. The second-order valence-corrected chi connectivity index (χ2v) is 5.15. The Labute approximate surface area is 165 Å². The van der Waals surface area contributed by atoms with Gasteiger partial charge in [-0.2, -0.15) is 0 Å². The molecule has 0 aromatic carbocycles. The van der Waals surface area contributed by atoms with E-state index in [4.69, 9.17) is 0 Å². The minimum Gasteiger partial charge on any atom is -0.549 e. The van der Waals surface area contributed by atoms with Crippen LogP contribution in [0.4, 0.5) is 0 Å². The first kappa shape index (κ1) is 21.1. The smallest absolute Gasteiger partial charge is 0.549 e. The van der Waals surface area contributed by atoms with Crippen LogP contribution in [0, 0.1) is 17.3 Å². The number of carboxylic acids is 2. The van der Waals surface area contributed by atoms with Gasteiger partial charge in [-0.1, -0.05) is 19.3 Å². The Hall–Kier alpha value is 0.0800. The Morgan fingerprint density at radius 3 is 1.62 bits per heavy atom. The molecule has 0 aromatic rings. The first-order valence-electron chi connectivity index (χ1n) is 6.16. The Balaban J connectivity index is 0.00000200. The van der Waals surface area contributed by atoms with Gasteiger partial charge in [0.1, 0.15) is 0 Å². The van der Waals surface area contributed by atoms with Crippen LogP contribution in [-0.2, 0) is 19.2 Å². The van der Waals surface area contributed by atoms with E-state index >= 15 is 0 Å². The molecule has 1 aliphatic carbocycles. The summed E-state index contributed by atoms with van der Waals surface area (Å²) in [5.41, 5.74) is -1.41. The molecule has 0 bridgehead atoms. The maximum atomic E-state index is 11.7. The summed E-state index contributed by atoms with van der Waals surface area (Å²) in [7, 11) is 0. The fourth-order valence-corrected chi connectivity index (χ4v) is 3.43. The van der Waals surface area contributed by atoms with Gasteiger partial charge in [0.25, 0.3) is 0 Å². The van der Waals surface area contributed by atoms with E-state index in [9.17, 15) is 29.4 Å². The molecule has 2 unspecified atom stereocenters. The molecule has 1 aliphatic heterocycles. The van der Waals surface area contributed by atoms with Crippen molar-refractivity contribution in [1.29, 1.82) is 0 Å². The molecule has 2 atom stereocenters. The number of amides is 2. The third kappa shape index (κ3) is 3.71. The number of piperidine rings is 1. The second-order valence-electron chi connectivity index (χ2n) is 5.15. The summed E-state index contributed by atoms with van der Waals surface area (Å²) in [6, 6.07) is 0. The van der Waals surface area contributed by atoms with Gasteiger partial charge >= 0.3 is 59.1 Å². The maximum Gasteiger partial charge on any atom is 1.00 e. The molecule has 21 heavy (non-hydrogen) atoms. The predicted octanol–water partition coefficient (Wildman–Crippen LogP) is -8.67. The molecule has 2 rings (SSSR count). The summed E-state index contributed by atoms with van der Waals surface area (Å²) < 4.78 is 0. The quantitative estimate of drug-likeness (QED) is 0.306. The number of aliphatic carboxylic acids is 2. The van der Waals surface area contributed by atoms with E-state index in [1.165, 1.54) is 0 Å². The van der Waals surface area contributed by atoms with Crippen molar-refractivity contribution >= 4 is 23.8 Å². The summed E-state index contributed by atoms with van der Waals surface area (Å²) in [6.45, 7) is 0. The van der Waals surface area contributed by atoms with Crippen molar-refractivity contribution in [3.63, 3.8) is 0 Å². The van der Waals surface area contributed by atoms with Crippen LogP contribution < -0.4 is 74.6 Å². The van der Waals surface area contributed by atoms with Gasteiger partial charge in [-0.05, 0) is 12.8 Å². The van der Waals surface area contributed by atoms with Gasteiger partial charge in [0, 0.05) is 5.41 Å². The third-order valence-corrected chi connectivity index (χ3v) is 4.18. The molecule has 1 spiro atoms. The number of hydrogen-bond donors (Lipinski definition) is 1. The second kappa shape index (κ2) is 8.08. The standard InChI is InChI=1S/C12H15NO6.2Na/c14-8-6(10(16)17)12(4-2-1-3-5-12)7(11(18)19)9(15)13-8;;/h6-7H,1-5H2,(H,16,17)(H,18,19)(H,13,14,15);;/q;2*+1/p-2. The largest absolute Gasteiger partial charge is 1.00 e. The van der Waals surface area contributed by atoms with E-state index in [1.807, 2.05) is 0 Å². The number of carbonyl (C=O) groups is 4. The van der Waals surface area contributed by atoms with E-state index in [1.54, 1.807) is 5.32 Å². The zero-order valence-electron chi connectivity index (χ0n) is 12.1. The topological polar surface area (TPSA) is 126 Å². The number of carbonyl (C=O) groups excluding carboxylic acids is 4. The molecular weight excluding hydrogens is 300 g/mol. The number of rotatable bonds is 2. The van der Waals surface area contributed by atoms with Gasteiger partial charge < -0.3 is 19.8 Å². The van der Waals surface area contributed by atoms with Crippen molar-refractivity contribution in [3.05, 3.63) is 0 Å². The average molecular weight is 313 g/mol. The molecule has 1 N–H and O–H groups in total. The number of carboxylic acid groups (broad SMARTS) is 2. The molecular formula is C12H13NNa2O6. The van der Waals surface area contributed by atoms with Crippen LogP contribution in [0.15, 0.2) is 0 Å². The van der Waals surface area contributed by atoms with Crippen molar-refractivity contribution in [3.8, 4) is 0 Å². The summed E-state index contributed by atoms with van der Waals surface area (Å²) in [6.07, 6.45) is 2.37. The van der Waals surface area contributed by atoms with E-state index < -0.39 is 41.0 Å². The number of imide groups is 1. The first-order chi connectivity index (χ1) is 8.90. The monoisotopic (exact) mass is 313 g/mol. The molecule has 0 radical (unpaired) electrons. The molecule has 0 aromatic heterocycles. The van der Waals surface area contributed by atoms with Crippen LogP contribution in [0.3, 0.4) is 0 Å². The number of hydrogen-bond acceptors (Lipinski definition) is 6. The van der Waals surface area contributed by atoms with E-state index in [2.05, 4.69) is 0 Å². The van der Waals surface area contributed by atoms with Crippen LogP contribution in [0.5, 0.6) is 0 Å². The van der Waals surface area contributed by atoms with Crippen LogP contribution >= 0.6 is 0 Å². The van der Waals surface area contributed by atoms with Crippen molar-refractivity contribution in [2.75, 3.05) is 0 Å². The fraction of sp³-hybridized carbons (Fsp3) is 0.667. The summed E-state index contributed by atoms with van der Waals surface area (Å²) in [5, 5.41) is 24.2. The summed E-state index contributed by atoms with van der Waals surface area (Å²) in [4.78, 5) is 45.9. The predicted molar refractivity (Wildman–Crippen MR) is 55.7 cm³/mol. The third-order valence-electron chi connectivity index (χ3n) is 4.18. The Kier molecular flexibility index (Phi) is 8.11. The summed E-state index contributed by atoms with van der Waals surface area (Å²) in [5.74, 6) is -8.48. The SMILES string of the molecule is O=C([O-])C1C(=O)NC(=O)C(C(=O)[O-])C12CCCCC2.[Na+].[Na+]. The molecule has 7 nitrogen and oxygen atoms in total. The van der Waals surface area contributed by atoms with Gasteiger partial charge in [0.15, 0.2) is 0 Å². The van der Waals surface area contributed by atoms with Gasteiger partial charge in [-0.25, -0.2) is 0 Å². The molecule has 2 amide bonds. The summed E-state index contributed by atoms with van der Waals surface area (Å²) >= 11 is 0. The molecule has 104 valence electrons. The Morgan fingerprint density at radius 1 is 0.905 bits per heavy atom. The van der Waals surface area contributed by atoms with E-state index in [0.29, 0.717) is 12.8 Å². The molecule has 1 saturated heterocycles. The van der Waals surface area contributed by atoms with Crippen LogP contribution in [0.25, 0.3) is 0 Å². The van der Waals surface area contributed by atoms with Crippen LogP contribution in [-0.4, -0.2) is 23.8 Å². The first-order valence-corrected chi connectivity index (χ1v) is 6.16.